The van der Waals surface area contributed by atoms with Gasteiger partial charge in [-0.1, -0.05) is 6.92 Å². The van der Waals surface area contributed by atoms with Crippen LogP contribution < -0.4 is 0 Å². The highest BCUT2D eigenvalue weighted by atomic mass is 16.4. The zero-order valence-corrected chi connectivity index (χ0v) is 15.9. The first-order valence-corrected chi connectivity index (χ1v) is 9.49. The van der Waals surface area contributed by atoms with Gasteiger partial charge in [-0.15, -0.1) is 0 Å². The second-order valence-corrected chi connectivity index (χ2v) is 7.75. The van der Waals surface area contributed by atoms with Gasteiger partial charge in [0.1, 0.15) is 5.76 Å². The Balaban J connectivity index is 1.45. The van der Waals surface area contributed by atoms with Crippen molar-refractivity contribution in [2.45, 2.75) is 46.2 Å². The molecule has 1 saturated heterocycles. The summed E-state index contributed by atoms with van der Waals surface area (Å²) >= 11 is 0. The molecule has 0 bridgehead atoms. The molecule has 2 aromatic rings. The van der Waals surface area contributed by atoms with E-state index >= 15 is 0 Å². The Hall–Kier alpha value is -2.15. The van der Waals surface area contributed by atoms with E-state index in [0.29, 0.717) is 12.5 Å². The third kappa shape index (κ3) is 3.40. The predicted octanol–water partition coefficient (Wildman–Crippen LogP) is 2.15. The molecule has 140 valence electrons. The van der Waals surface area contributed by atoms with Crippen LogP contribution in [-0.2, 0) is 26.6 Å². The molecule has 0 N–H and O–H groups in total. The minimum absolute atomic E-state index is 0.0558. The third-order valence-electron chi connectivity index (χ3n) is 5.42. The van der Waals surface area contributed by atoms with E-state index in [1.165, 1.54) is 12.1 Å². The normalized spacial score (nSPS) is 21.0. The van der Waals surface area contributed by atoms with Crippen LogP contribution in [0, 0.1) is 12.8 Å². The smallest absolute Gasteiger partial charge is 0.309 e. The van der Waals surface area contributed by atoms with E-state index < -0.39 is 0 Å². The number of oxazole rings is 1. The number of rotatable bonds is 3. The Kier molecular flexibility index (Phi) is 4.56. The second-order valence-electron chi connectivity index (χ2n) is 7.75. The van der Waals surface area contributed by atoms with Crippen LogP contribution >= 0.6 is 0 Å². The van der Waals surface area contributed by atoms with Crippen LogP contribution in [0.3, 0.4) is 0 Å². The summed E-state index contributed by atoms with van der Waals surface area (Å²) < 4.78 is 7.77. The van der Waals surface area contributed by atoms with Gasteiger partial charge >= 0.3 is 5.91 Å². The van der Waals surface area contributed by atoms with Crippen LogP contribution in [0.15, 0.2) is 10.5 Å². The molecule has 2 aliphatic heterocycles. The fourth-order valence-corrected chi connectivity index (χ4v) is 4.03. The van der Waals surface area contributed by atoms with Crippen molar-refractivity contribution in [1.29, 1.82) is 0 Å². The van der Waals surface area contributed by atoms with Crippen molar-refractivity contribution in [3.05, 3.63) is 34.8 Å². The molecule has 1 fully saturated rings. The topological polar surface area (TPSA) is 67.4 Å². The Morgan fingerprint density at radius 1 is 1.38 bits per heavy atom. The average molecular weight is 357 g/mol. The summed E-state index contributed by atoms with van der Waals surface area (Å²) in [6.45, 7) is 8.26. The molecule has 26 heavy (non-hydrogen) atoms. The number of aryl methyl sites for hydroxylation is 2. The summed E-state index contributed by atoms with van der Waals surface area (Å²) in [5.74, 6) is 1.63. The molecule has 7 heteroatoms. The molecule has 0 spiro atoms. The molecule has 1 atom stereocenters. The molecular weight excluding hydrogens is 330 g/mol. The Morgan fingerprint density at radius 2 is 2.23 bits per heavy atom. The highest BCUT2D eigenvalue weighted by molar-refractivity contribution is 5.89. The van der Waals surface area contributed by atoms with E-state index in [4.69, 9.17) is 4.42 Å². The van der Waals surface area contributed by atoms with Crippen LogP contribution in [0.25, 0.3) is 0 Å². The van der Waals surface area contributed by atoms with Crippen molar-refractivity contribution in [1.82, 2.24) is 24.6 Å². The van der Waals surface area contributed by atoms with Gasteiger partial charge in [-0.25, -0.2) is 4.98 Å². The van der Waals surface area contributed by atoms with E-state index in [2.05, 4.69) is 28.0 Å². The molecule has 4 rings (SSSR count). The maximum Gasteiger partial charge on any atom is 0.309 e. The quantitative estimate of drug-likeness (QED) is 0.842. The second kappa shape index (κ2) is 6.87. The fourth-order valence-electron chi connectivity index (χ4n) is 4.03. The molecule has 0 aromatic carbocycles. The molecule has 0 aliphatic carbocycles. The number of likely N-dealkylation sites (tertiary alicyclic amines) is 1. The van der Waals surface area contributed by atoms with Crippen LogP contribution in [0.2, 0.25) is 0 Å². The van der Waals surface area contributed by atoms with Crippen molar-refractivity contribution < 1.29 is 9.21 Å². The first kappa shape index (κ1) is 17.3. The summed E-state index contributed by atoms with van der Waals surface area (Å²) in [5, 5.41) is 4.41. The number of piperidine rings is 1. The highest BCUT2D eigenvalue weighted by Crippen LogP contribution is 2.23. The number of carbonyl (C=O) groups excluding carboxylic acids is 1. The summed E-state index contributed by atoms with van der Waals surface area (Å²) in [5.41, 5.74) is 3.13. The number of carbonyl (C=O) groups is 1. The molecule has 2 aliphatic rings. The maximum atomic E-state index is 12.7. The predicted molar refractivity (Wildman–Crippen MR) is 96.6 cm³/mol. The summed E-state index contributed by atoms with van der Waals surface area (Å²) in [6, 6.07) is 2.12. The third-order valence-corrected chi connectivity index (χ3v) is 5.42. The van der Waals surface area contributed by atoms with Gasteiger partial charge < -0.3 is 9.32 Å². The molecule has 7 nitrogen and oxygen atoms in total. The lowest BCUT2D eigenvalue weighted by atomic mass is 10.0. The average Bonchev–Trinajstić information content (AvgIpc) is 3.16. The lowest BCUT2D eigenvalue weighted by Gasteiger charge is -2.29. The highest BCUT2D eigenvalue weighted by Gasteiger charge is 2.29. The maximum absolute atomic E-state index is 12.7. The van der Waals surface area contributed by atoms with Gasteiger partial charge in [0.2, 0.25) is 0 Å². The molecule has 0 radical (unpaired) electrons. The van der Waals surface area contributed by atoms with Gasteiger partial charge in [0, 0.05) is 46.2 Å². The van der Waals surface area contributed by atoms with Crippen molar-refractivity contribution in [3.8, 4) is 0 Å². The van der Waals surface area contributed by atoms with E-state index in [-0.39, 0.29) is 11.8 Å². The lowest BCUT2D eigenvalue weighted by Crippen LogP contribution is -2.39. The number of hydrogen-bond donors (Lipinski definition) is 0. The van der Waals surface area contributed by atoms with E-state index in [1.54, 1.807) is 0 Å². The number of nitrogens with zero attached hydrogens (tertiary/aromatic N) is 5. The number of aromatic nitrogens is 3. The van der Waals surface area contributed by atoms with Crippen molar-refractivity contribution in [2.24, 2.45) is 13.0 Å². The Labute approximate surface area is 154 Å². The van der Waals surface area contributed by atoms with Gasteiger partial charge in [-0.3, -0.25) is 14.4 Å². The lowest BCUT2D eigenvalue weighted by molar-refractivity contribution is 0.0640. The summed E-state index contributed by atoms with van der Waals surface area (Å²) in [4.78, 5) is 21.5. The minimum Gasteiger partial charge on any atom is -0.437 e. The molecule has 4 heterocycles. The molecule has 0 saturated carbocycles. The number of amides is 1. The Bertz CT molecular complexity index is 809. The molecule has 1 amide bonds. The monoisotopic (exact) mass is 357 g/mol. The standard InChI is InChI=1S/C19H27N5O2/c1-13-5-4-7-24(10-13)19(25)18-20-16-12-23(8-6-17(16)26-18)11-15-9-14(2)21-22(15)3/h9,13H,4-8,10-12H2,1-3H3/t13-/m1/s1. The largest absolute Gasteiger partial charge is 0.437 e. The molecule has 0 unspecified atom stereocenters. The van der Waals surface area contributed by atoms with Crippen molar-refractivity contribution in [2.75, 3.05) is 19.6 Å². The molecular formula is C19H27N5O2. The minimum atomic E-state index is -0.0558. The number of fused-ring (bicyclic) bond motifs is 1. The van der Waals surface area contributed by atoms with Crippen molar-refractivity contribution >= 4 is 5.91 Å². The SMILES string of the molecule is Cc1cc(CN2CCc3oc(C(=O)N4CCC[C@@H](C)C4)nc3C2)n(C)n1. The fraction of sp³-hybridized carbons (Fsp3) is 0.632. The Morgan fingerprint density at radius 3 is 2.96 bits per heavy atom. The van der Waals surface area contributed by atoms with Gasteiger partial charge in [-0.05, 0) is 31.7 Å². The van der Waals surface area contributed by atoms with Gasteiger partial charge in [0.15, 0.2) is 0 Å². The van der Waals surface area contributed by atoms with Gasteiger partial charge in [-0.2, -0.15) is 5.10 Å². The molecule has 2 aromatic heterocycles. The zero-order valence-electron chi connectivity index (χ0n) is 15.9. The summed E-state index contributed by atoms with van der Waals surface area (Å²) in [7, 11) is 1.98. The van der Waals surface area contributed by atoms with Crippen LogP contribution in [0.5, 0.6) is 0 Å². The van der Waals surface area contributed by atoms with E-state index in [0.717, 1.165) is 56.2 Å². The van der Waals surface area contributed by atoms with Crippen LogP contribution in [0.1, 0.15) is 53.3 Å². The zero-order chi connectivity index (χ0) is 18.3. The van der Waals surface area contributed by atoms with Gasteiger partial charge in [0.05, 0.1) is 17.1 Å². The van der Waals surface area contributed by atoms with Crippen molar-refractivity contribution in [3.63, 3.8) is 0 Å². The first-order chi connectivity index (χ1) is 12.5. The van der Waals surface area contributed by atoms with Crippen LogP contribution in [0.4, 0.5) is 0 Å². The first-order valence-electron chi connectivity index (χ1n) is 9.49. The van der Waals surface area contributed by atoms with Crippen LogP contribution in [-0.4, -0.2) is 50.1 Å². The number of hydrogen-bond acceptors (Lipinski definition) is 5. The van der Waals surface area contributed by atoms with E-state index in [1.807, 2.05) is 23.6 Å². The van der Waals surface area contributed by atoms with Gasteiger partial charge in [0.25, 0.3) is 5.89 Å². The van der Waals surface area contributed by atoms with E-state index in [9.17, 15) is 4.79 Å². The summed E-state index contributed by atoms with van der Waals surface area (Å²) in [6.07, 6.45) is 3.04.